The Morgan fingerprint density at radius 2 is 1.74 bits per heavy atom. The molecule has 5 rings (SSSR count). The monoisotopic (exact) mass is 496 g/mol. The van der Waals surface area contributed by atoms with Crippen molar-refractivity contribution in [3.8, 4) is 0 Å². The van der Waals surface area contributed by atoms with Crippen molar-refractivity contribution in [1.29, 1.82) is 0 Å². The molecule has 34 heavy (non-hydrogen) atoms. The third-order valence-corrected chi connectivity index (χ3v) is 8.62. The Kier molecular flexibility index (Phi) is 7.64. The van der Waals surface area contributed by atoms with Gasteiger partial charge in [-0.2, -0.15) is 13.5 Å². The number of nitrogens with zero attached hydrogens (tertiary/aromatic N) is 3. The van der Waals surface area contributed by atoms with Crippen LogP contribution in [0, 0.1) is 6.92 Å². The topological polar surface area (TPSA) is 106 Å². The van der Waals surface area contributed by atoms with Crippen LogP contribution in [0.3, 0.4) is 0 Å². The van der Waals surface area contributed by atoms with Gasteiger partial charge in [-0.1, -0.05) is 6.07 Å². The quantitative estimate of drug-likeness (QED) is 0.619. The molecule has 0 atom stereocenters. The zero-order valence-electron chi connectivity index (χ0n) is 20.2. The summed E-state index contributed by atoms with van der Waals surface area (Å²) in [5, 5.41) is 7.15. The Labute approximate surface area is 223 Å². The van der Waals surface area contributed by atoms with E-state index in [9.17, 15) is 13.2 Å². The second kappa shape index (κ2) is 10.2. The molecule has 1 saturated heterocycles. The minimum atomic E-state index is -4.17. The van der Waals surface area contributed by atoms with Crippen molar-refractivity contribution in [2.45, 2.75) is 64.3 Å². The predicted octanol–water partition coefficient (Wildman–Crippen LogP) is 2.38. The minimum Gasteiger partial charge on any atom is -0.381 e. The van der Waals surface area contributed by atoms with Gasteiger partial charge < -0.3 is 10.1 Å². The number of amides is 2. The Balaban J connectivity index is 0.00000274. The van der Waals surface area contributed by atoms with E-state index in [0.717, 1.165) is 55.3 Å². The molecule has 2 aromatic rings. The number of benzene rings is 1. The number of urea groups is 1. The number of anilines is 2. The van der Waals surface area contributed by atoms with E-state index in [0.29, 0.717) is 37.4 Å². The van der Waals surface area contributed by atoms with Gasteiger partial charge in [0.2, 0.25) is 0 Å². The van der Waals surface area contributed by atoms with Gasteiger partial charge >= 0.3 is 16.2 Å². The Morgan fingerprint density at radius 1 is 1.12 bits per heavy atom. The average molecular weight is 497 g/mol. The van der Waals surface area contributed by atoms with Gasteiger partial charge in [-0.3, -0.25) is 4.68 Å². The van der Waals surface area contributed by atoms with Crippen LogP contribution in [0.15, 0.2) is 12.3 Å². The second-order valence-corrected chi connectivity index (χ2v) is 10.7. The van der Waals surface area contributed by atoms with E-state index in [1.807, 2.05) is 6.92 Å². The van der Waals surface area contributed by atoms with Crippen molar-refractivity contribution >= 4 is 57.2 Å². The fraction of sp³-hybridized carbons (Fsp3) is 0.565. The number of ether oxygens (including phenoxy) is 1. The molecule has 3 aliphatic rings. The van der Waals surface area contributed by atoms with E-state index in [1.54, 1.807) is 17.9 Å². The second-order valence-electron chi connectivity index (χ2n) is 9.17. The standard InChI is InChI=1S/C23H31N5O4S.Na/c1-15-21(14-24-27(15)2)28(18-9-11-32-12-10-18)33(30,31)26-23(29)25-22-19-7-3-5-16(19)13-17-6-4-8-20(17)22;/h13-14,18H,3-12H2,1-2H3,(H2,25,26,29);. The molecule has 179 valence electrons. The maximum atomic E-state index is 13.5. The molecule has 2 amide bonds. The van der Waals surface area contributed by atoms with Gasteiger partial charge in [0.05, 0.1) is 23.6 Å². The van der Waals surface area contributed by atoms with Crippen LogP contribution >= 0.6 is 0 Å². The van der Waals surface area contributed by atoms with Crippen LogP contribution in [0.1, 0.15) is 53.6 Å². The van der Waals surface area contributed by atoms with Crippen molar-refractivity contribution < 1.29 is 17.9 Å². The van der Waals surface area contributed by atoms with E-state index in [-0.39, 0.29) is 35.6 Å². The van der Waals surface area contributed by atoms with Gasteiger partial charge in [-0.15, -0.1) is 0 Å². The maximum absolute atomic E-state index is 13.5. The summed E-state index contributed by atoms with van der Waals surface area (Å²) in [5.41, 5.74) is 6.89. The van der Waals surface area contributed by atoms with Crippen LogP contribution < -0.4 is 14.3 Å². The molecule has 9 nitrogen and oxygen atoms in total. The third kappa shape index (κ3) is 4.75. The summed E-state index contributed by atoms with van der Waals surface area (Å²) in [4.78, 5) is 13.1. The molecular weight excluding hydrogens is 465 g/mol. The SMILES string of the molecule is Cc1c(N(C2CCOCC2)S(=O)(=O)NC(=O)Nc2c3c(cc4c2CCC4)CCC3)cnn1C.[Na]. The summed E-state index contributed by atoms with van der Waals surface area (Å²) in [6.45, 7) is 2.77. The molecule has 0 bridgehead atoms. The first-order valence-corrected chi connectivity index (χ1v) is 13.1. The van der Waals surface area contributed by atoms with E-state index in [4.69, 9.17) is 4.74 Å². The summed E-state index contributed by atoms with van der Waals surface area (Å²) >= 11 is 0. The summed E-state index contributed by atoms with van der Waals surface area (Å²) < 4.78 is 37.7. The molecule has 11 heteroatoms. The summed E-state index contributed by atoms with van der Waals surface area (Å²) in [5.74, 6) is 0. The van der Waals surface area contributed by atoms with Gasteiger partial charge in [0.25, 0.3) is 0 Å². The molecular formula is C23H31N5NaO4S. The third-order valence-electron chi connectivity index (χ3n) is 7.16. The van der Waals surface area contributed by atoms with Crippen LogP contribution in [-0.2, 0) is 47.7 Å². The molecule has 1 aliphatic heterocycles. The number of aryl methyl sites for hydroxylation is 3. The molecule has 2 aliphatic carbocycles. The number of fused-ring (bicyclic) bond motifs is 2. The molecule has 0 unspecified atom stereocenters. The molecule has 1 fully saturated rings. The number of nitrogens with one attached hydrogen (secondary N) is 2. The normalized spacial score (nSPS) is 17.6. The Hall–Kier alpha value is -1.59. The zero-order valence-corrected chi connectivity index (χ0v) is 23.0. The van der Waals surface area contributed by atoms with Crippen LogP contribution in [-0.4, -0.2) is 73.0 Å². The average Bonchev–Trinajstić information content (AvgIpc) is 3.51. The van der Waals surface area contributed by atoms with E-state index in [2.05, 4.69) is 21.2 Å². The predicted molar refractivity (Wildman–Crippen MR) is 132 cm³/mol. The van der Waals surface area contributed by atoms with E-state index < -0.39 is 16.2 Å². The van der Waals surface area contributed by atoms with Crippen molar-refractivity contribution in [1.82, 2.24) is 14.5 Å². The molecule has 0 saturated carbocycles. The van der Waals surface area contributed by atoms with E-state index in [1.165, 1.54) is 15.4 Å². The first-order valence-electron chi connectivity index (χ1n) is 11.7. The number of carbonyl (C=O) groups is 1. The number of hydrogen-bond donors (Lipinski definition) is 2. The molecule has 1 radical (unpaired) electrons. The van der Waals surface area contributed by atoms with Crippen molar-refractivity contribution in [2.24, 2.45) is 7.05 Å². The fourth-order valence-corrected chi connectivity index (χ4v) is 6.84. The van der Waals surface area contributed by atoms with Gasteiger partial charge in [-0.05, 0) is 80.5 Å². The first kappa shape index (κ1) is 25.5. The zero-order chi connectivity index (χ0) is 23.2. The Bertz CT molecular complexity index is 1160. The number of carbonyl (C=O) groups excluding carboxylic acids is 1. The summed E-state index contributed by atoms with van der Waals surface area (Å²) in [6, 6.07) is 1.25. The number of hydrogen-bond acceptors (Lipinski definition) is 5. The van der Waals surface area contributed by atoms with Crippen LogP contribution in [0.4, 0.5) is 16.2 Å². The van der Waals surface area contributed by atoms with Crippen molar-refractivity contribution in [3.05, 3.63) is 40.2 Å². The van der Waals surface area contributed by atoms with Crippen LogP contribution in [0.2, 0.25) is 0 Å². The molecule has 2 heterocycles. The molecule has 1 aromatic carbocycles. The number of aromatic nitrogens is 2. The largest absolute Gasteiger partial charge is 0.381 e. The van der Waals surface area contributed by atoms with Crippen LogP contribution in [0.25, 0.3) is 0 Å². The van der Waals surface area contributed by atoms with Crippen molar-refractivity contribution in [3.63, 3.8) is 0 Å². The molecule has 2 N–H and O–H groups in total. The maximum Gasteiger partial charge on any atom is 0.334 e. The van der Waals surface area contributed by atoms with Gasteiger partial charge in [0.15, 0.2) is 0 Å². The number of rotatable bonds is 5. The van der Waals surface area contributed by atoms with E-state index >= 15 is 0 Å². The molecule has 0 spiro atoms. The summed E-state index contributed by atoms with van der Waals surface area (Å²) in [6.07, 6.45) is 8.60. The van der Waals surface area contributed by atoms with Gasteiger partial charge in [0, 0.05) is 55.5 Å². The fourth-order valence-electron chi connectivity index (χ4n) is 5.42. The summed E-state index contributed by atoms with van der Waals surface area (Å²) in [7, 11) is -2.40. The van der Waals surface area contributed by atoms with Gasteiger partial charge in [0.1, 0.15) is 0 Å². The van der Waals surface area contributed by atoms with Gasteiger partial charge in [-0.25, -0.2) is 13.8 Å². The van der Waals surface area contributed by atoms with Crippen molar-refractivity contribution in [2.75, 3.05) is 22.8 Å². The smallest absolute Gasteiger partial charge is 0.334 e. The Morgan fingerprint density at radius 3 is 2.29 bits per heavy atom. The first-order chi connectivity index (χ1) is 15.8. The molecule has 1 aromatic heterocycles. The van der Waals surface area contributed by atoms with Crippen LogP contribution in [0.5, 0.6) is 0 Å². The minimum absolute atomic E-state index is 0.